The van der Waals surface area contributed by atoms with Crippen LogP contribution in [0.3, 0.4) is 0 Å². The quantitative estimate of drug-likeness (QED) is 0.395. The Bertz CT molecular complexity index is 157. The molecule has 0 spiro atoms. The molecule has 0 fully saturated rings. The molecule has 16 heavy (non-hydrogen) atoms. The van der Waals surface area contributed by atoms with E-state index in [2.05, 4.69) is 64.4 Å². The predicted molar refractivity (Wildman–Crippen MR) is 89.7 cm³/mol. The molecule has 0 aliphatic carbocycles. The molecule has 98 valence electrons. The van der Waals surface area contributed by atoms with E-state index in [1.165, 1.54) is 6.42 Å². The first kappa shape index (κ1) is 21.9. The van der Waals surface area contributed by atoms with E-state index in [0.29, 0.717) is 0 Å². The van der Waals surface area contributed by atoms with Gasteiger partial charge in [0, 0.05) is 0 Å². The van der Waals surface area contributed by atoms with Gasteiger partial charge in [0.2, 0.25) is 0 Å². The molecule has 0 atom stereocenters. The second-order valence-electron chi connectivity index (χ2n) is 3.14. The Kier molecular flexibility index (Phi) is 21.3. The van der Waals surface area contributed by atoms with Gasteiger partial charge >= 0.3 is 0 Å². The van der Waals surface area contributed by atoms with Crippen LogP contribution in [-0.2, 0) is 25.3 Å². The molecule has 0 unspecified atom stereocenters. The van der Waals surface area contributed by atoms with Crippen molar-refractivity contribution in [1.82, 2.24) is 0 Å². The van der Waals surface area contributed by atoms with Gasteiger partial charge in [-0.15, -0.1) is 25.3 Å². The highest BCUT2D eigenvalue weighted by atomic mass is 32.1. The third kappa shape index (κ3) is 29.3. The molecule has 0 aromatic heterocycles. The molecule has 0 aromatic carbocycles. The zero-order valence-corrected chi connectivity index (χ0v) is 14.3. The summed E-state index contributed by atoms with van der Waals surface area (Å²) in [6, 6.07) is 0. The highest BCUT2D eigenvalue weighted by Gasteiger charge is 1.77. The van der Waals surface area contributed by atoms with E-state index < -0.39 is 0 Å². The van der Waals surface area contributed by atoms with Crippen molar-refractivity contribution in [2.75, 3.05) is 0 Å². The van der Waals surface area contributed by atoms with Crippen LogP contribution in [0.5, 0.6) is 0 Å². The molecule has 0 bridgehead atoms. The molecule has 0 saturated heterocycles. The average Bonchev–Trinajstić information content (AvgIpc) is 2.18. The van der Waals surface area contributed by atoms with Gasteiger partial charge in [0.25, 0.3) is 0 Å². The maximum atomic E-state index is 4.68. The van der Waals surface area contributed by atoms with E-state index in [0.717, 1.165) is 26.0 Å². The van der Waals surface area contributed by atoms with Gasteiger partial charge in [-0.25, -0.2) is 9.81 Å². The smallest absolute Gasteiger partial charge is 0.0126 e. The first-order valence-electron chi connectivity index (χ1n) is 5.06. The topological polar surface area (TPSA) is 0 Å². The lowest BCUT2D eigenvalue weighted by atomic mass is 10.4. The van der Waals surface area contributed by atoms with Crippen LogP contribution in [0.25, 0.3) is 0 Å². The van der Waals surface area contributed by atoms with Crippen LogP contribution in [0.4, 0.5) is 0 Å². The molecule has 0 saturated carbocycles. The van der Waals surface area contributed by atoms with Crippen molar-refractivity contribution in [2.45, 2.75) is 47.5 Å². The van der Waals surface area contributed by atoms with Crippen LogP contribution < -0.4 is 0 Å². The van der Waals surface area contributed by atoms with Gasteiger partial charge in [0.15, 0.2) is 0 Å². The summed E-state index contributed by atoms with van der Waals surface area (Å²) in [5, 5.41) is 0. The van der Waals surface area contributed by atoms with Crippen molar-refractivity contribution in [2.24, 2.45) is 0 Å². The number of rotatable bonds is 1. The third-order valence-corrected chi connectivity index (χ3v) is 2.96. The summed E-state index contributed by atoms with van der Waals surface area (Å²) in [7, 11) is 0. The molecular formula is C12H23S4-3. The summed E-state index contributed by atoms with van der Waals surface area (Å²) in [5.41, 5.74) is 0. The Balaban J connectivity index is -0.000000162. The Morgan fingerprint density at radius 3 is 1.12 bits per heavy atom. The van der Waals surface area contributed by atoms with Gasteiger partial charge in [-0.05, 0) is 23.7 Å². The summed E-state index contributed by atoms with van der Waals surface area (Å²) in [6.07, 6.45) is 2.28. The normalized spacial score (nSPS) is 12.2. The lowest BCUT2D eigenvalue weighted by molar-refractivity contribution is 0.956. The molecule has 0 rings (SSSR count). The van der Waals surface area contributed by atoms with Gasteiger partial charge in [-0.2, -0.15) is 6.42 Å². The number of thiol groups is 2. The molecule has 0 radical (unpaired) electrons. The minimum atomic E-state index is 0.824. The van der Waals surface area contributed by atoms with Gasteiger partial charge in [0.05, 0.1) is 0 Å². The van der Waals surface area contributed by atoms with Crippen molar-refractivity contribution >= 4 is 50.5 Å². The van der Waals surface area contributed by atoms with Crippen molar-refractivity contribution < 1.29 is 0 Å². The largest absolute Gasteiger partial charge is 0.786 e. The number of allylic oxidation sites excluding steroid dienone is 4. The highest BCUT2D eigenvalue weighted by molar-refractivity contribution is 7.88. The van der Waals surface area contributed by atoms with E-state index in [1.54, 1.807) is 0 Å². The zero-order valence-electron chi connectivity index (χ0n) is 10.8. The fourth-order valence-corrected chi connectivity index (χ4v) is 0. The van der Waals surface area contributed by atoms with Crippen LogP contribution in [0, 0.1) is 6.92 Å². The van der Waals surface area contributed by atoms with Crippen LogP contribution in [0.1, 0.15) is 47.5 Å². The summed E-state index contributed by atoms with van der Waals surface area (Å²) in [6.45, 7) is 13.2. The lowest BCUT2D eigenvalue weighted by Gasteiger charge is -2.15. The summed E-state index contributed by atoms with van der Waals surface area (Å²) >= 11 is 17.3. The molecule has 0 aliphatic heterocycles. The molecular weight excluding hydrogens is 272 g/mol. The molecule has 0 aliphatic rings. The first-order chi connectivity index (χ1) is 7.20. The number of hydrogen-bond donors (Lipinski definition) is 2. The molecule has 4 heteroatoms. The van der Waals surface area contributed by atoms with Crippen LogP contribution in [-0.4, -0.2) is 0 Å². The van der Waals surface area contributed by atoms with Gasteiger partial charge in [0.1, 0.15) is 0 Å². The van der Waals surface area contributed by atoms with Crippen molar-refractivity contribution in [3.8, 4) is 0 Å². The number of unbranched alkanes of at least 4 members (excludes halogenated alkanes) is 1. The molecule has 0 heterocycles. The molecule has 0 N–H and O–H groups in total. The minimum absolute atomic E-state index is 0.824. The van der Waals surface area contributed by atoms with Crippen LogP contribution in [0.15, 0.2) is 19.6 Å². The standard InChI is InChI=1S/2C4H8S2.C4H9/c2*1-3(5)4(2)6;1-3-4-2/h2*5-6H,1-2H3;1,3-4H2,2H3/q;;-1/p-2/b2*4-3-;. The van der Waals surface area contributed by atoms with Crippen LogP contribution >= 0.6 is 25.3 Å². The molecule has 0 aromatic rings. The SMILES string of the molecule is C/C(S)=C(\C)S.C/C([S-])=C(\C)[S-].[CH2-]CCC. The Labute approximate surface area is 124 Å². The molecule has 0 nitrogen and oxygen atoms in total. The van der Waals surface area contributed by atoms with E-state index in [9.17, 15) is 0 Å². The summed E-state index contributed by atoms with van der Waals surface area (Å²) < 4.78 is 0. The second kappa shape index (κ2) is 15.6. The van der Waals surface area contributed by atoms with Gasteiger partial charge in [-0.3, -0.25) is 0 Å². The zero-order chi connectivity index (χ0) is 13.7. The maximum Gasteiger partial charge on any atom is -0.0126 e. The Morgan fingerprint density at radius 2 is 1.12 bits per heavy atom. The number of hydrogen-bond acceptors (Lipinski definition) is 4. The average molecular weight is 296 g/mol. The van der Waals surface area contributed by atoms with Crippen molar-refractivity contribution in [3.63, 3.8) is 0 Å². The summed E-state index contributed by atoms with van der Waals surface area (Å²) in [5.74, 6) is 0. The van der Waals surface area contributed by atoms with Gasteiger partial charge in [-0.1, -0.05) is 27.2 Å². The second-order valence-corrected chi connectivity index (χ2v) is 5.70. The van der Waals surface area contributed by atoms with E-state index in [4.69, 9.17) is 0 Å². The fraction of sp³-hybridized carbons (Fsp3) is 0.583. The monoisotopic (exact) mass is 295 g/mol. The Hall–Kier alpha value is 0.620. The maximum absolute atomic E-state index is 4.68. The van der Waals surface area contributed by atoms with Gasteiger partial charge < -0.3 is 32.2 Å². The van der Waals surface area contributed by atoms with E-state index in [1.807, 2.05) is 27.7 Å². The first-order valence-corrected chi connectivity index (χ1v) is 6.77. The minimum Gasteiger partial charge on any atom is -0.786 e. The highest BCUT2D eigenvalue weighted by Crippen LogP contribution is 2.08. The van der Waals surface area contributed by atoms with Crippen molar-refractivity contribution in [3.05, 3.63) is 26.5 Å². The van der Waals surface area contributed by atoms with E-state index >= 15 is 0 Å². The van der Waals surface area contributed by atoms with Crippen molar-refractivity contribution in [1.29, 1.82) is 0 Å². The van der Waals surface area contributed by atoms with Crippen LogP contribution in [0.2, 0.25) is 0 Å². The fourth-order valence-electron chi connectivity index (χ4n) is 0. The molecule has 0 amide bonds. The predicted octanol–water partition coefficient (Wildman–Crippen LogP) is 5.05. The summed E-state index contributed by atoms with van der Waals surface area (Å²) in [4.78, 5) is 3.62. The Morgan fingerprint density at radius 1 is 0.938 bits per heavy atom. The third-order valence-electron chi connectivity index (χ3n) is 1.37. The van der Waals surface area contributed by atoms with E-state index in [-0.39, 0.29) is 0 Å². The lowest BCUT2D eigenvalue weighted by Crippen LogP contribution is -1.69.